The van der Waals surface area contributed by atoms with Crippen molar-refractivity contribution in [3.05, 3.63) is 16.1 Å². The second-order valence-electron chi connectivity index (χ2n) is 5.54. The van der Waals surface area contributed by atoms with Crippen LogP contribution >= 0.6 is 23.7 Å². The van der Waals surface area contributed by atoms with Crippen LogP contribution < -0.4 is 11.1 Å². The van der Waals surface area contributed by atoms with Gasteiger partial charge in [0.25, 0.3) is 5.91 Å². The molecule has 7 heteroatoms. The summed E-state index contributed by atoms with van der Waals surface area (Å²) in [7, 11) is 0. The highest BCUT2D eigenvalue weighted by Crippen LogP contribution is 2.34. The lowest BCUT2D eigenvalue weighted by molar-refractivity contribution is 0.0509. The number of nitrogens with two attached hydrogens (primary N) is 1. The Morgan fingerprint density at radius 2 is 2.33 bits per heavy atom. The molecule has 1 aromatic heterocycles. The van der Waals surface area contributed by atoms with Crippen LogP contribution in [0.15, 0.2) is 5.38 Å². The van der Waals surface area contributed by atoms with Gasteiger partial charge in [-0.2, -0.15) is 0 Å². The van der Waals surface area contributed by atoms with Gasteiger partial charge in [0.15, 0.2) is 0 Å². The molecular weight excluding hydrogens is 310 g/mol. The van der Waals surface area contributed by atoms with Gasteiger partial charge in [-0.3, -0.25) is 4.79 Å². The highest BCUT2D eigenvalue weighted by molar-refractivity contribution is 7.09. The van der Waals surface area contributed by atoms with Gasteiger partial charge in [0.05, 0.1) is 11.1 Å². The average Bonchev–Trinajstić information content (AvgIpc) is 3.08. The Bertz CT molecular complexity index is 483. The highest BCUT2D eigenvalue weighted by Gasteiger charge is 2.38. The number of rotatable bonds is 4. The zero-order chi connectivity index (χ0) is 13.9. The first-order valence-corrected chi connectivity index (χ1v) is 8.23. The minimum absolute atomic E-state index is 0. The second-order valence-corrected chi connectivity index (χ2v) is 6.48. The van der Waals surface area contributed by atoms with Crippen LogP contribution in [0.4, 0.5) is 0 Å². The molecule has 3 atom stereocenters. The first-order chi connectivity index (χ1) is 9.78. The maximum absolute atomic E-state index is 12.3. The Labute approximate surface area is 135 Å². The molecule has 2 aliphatic rings. The van der Waals surface area contributed by atoms with Crippen LogP contribution in [0.25, 0.3) is 0 Å². The number of hydrogen-bond acceptors (Lipinski definition) is 5. The smallest absolute Gasteiger partial charge is 0.270 e. The Morgan fingerprint density at radius 1 is 1.48 bits per heavy atom. The van der Waals surface area contributed by atoms with Crippen molar-refractivity contribution >= 4 is 29.7 Å². The standard InChI is InChI=1S/C14H21N3O2S.ClH/c15-6-4-13-16-11(8-20-13)14(18)17-10-2-1-3-12-9(10)5-7-19-12;/h8-10,12H,1-7,15H2,(H,17,18);1H. The van der Waals surface area contributed by atoms with Crippen molar-refractivity contribution in [2.45, 2.75) is 44.2 Å². The predicted molar refractivity (Wildman–Crippen MR) is 85.1 cm³/mol. The van der Waals surface area contributed by atoms with E-state index in [2.05, 4.69) is 10.3 Å². The van der Waals surface area contributed by atoms with Crippen molar-refractivity contribution < 1.29 is 9.53 Å². The largest absolute Gasteiger partial charge is 0.378 e. The SMILES string of the molecule is Cl.NCCc1nc(C(=O)NC2CCCC3OCCC23)cs1. The fourth-order valence-corrected chi connectivity index (χ4v) is 4.04. The summed E-state index contributed by atoms with van der Waals surface area (Å²) in [6.07, 6.45) is 5.45. The third-order valence-electron chi connectivity index (χ3n) is 4.24. The number of aromatic nitrogens is 1. The summed E-state index contributed by atoms with van der Waals surface area (Å²) < 4.78 is 5.73. The Kier molecular flexibility index (Phi) is 5.98. The van der Waals surface area contributed by atoms with Crippen molar-refractivity contribution in [3.63, 3.8) is 0 Å². The van der Waals surface area contributed by atoms with Gasteiger partial charge in [-0.1, -0.05) is 0 Å². The summed E-state index contributed by atoms with van der Waals surface area (Å²) in [6.45, 7) is 1.40. The maximum Gasteiger partial charge on any atom is 0.270 e. The third kappa shape index (κ3) is 3.74. The van der Waals surface area contributed by atoms with Gasteiger partial charge in [-0.15, -0.1) is 23.7 Å². The minimum atomic E-state index is -0.0536. The first kappa shape index (κ1) is 16.7. The number of halogens is 1. The Morgan fingerprint density at radius 3 is 3.14 bits per heavy atom. The molecule has 3 unspecified atom stereocenters. The molecule has 0 radical (unpaired) electrons. The number of hydrogen-bond donors (Lipinski definition) is 2. The zero-order valence-electron chi connectivity index (χ0n) is 11.9. The Balaban J connectivity index is 0.00000161. The van der Waals surface area contributed by atoms with Gasteiger partial charge in [0.1, 0.15) is 5.69 Å². The molecule has 0 spiro atoms. The van der Waals surface area contributed by atoms with Gasteiger partial charge in [-0.05, 0) is 32.2 Å². The average molecular weight is 332 g/mol. The molecule has 1 saturated heterocycles. The Hall–Kier alpha value is -0.690. The molecule has 1 aliphatic heterocycles. The minimum Gasteiger partial charge on any atom is -0.378 e. The molecule has 21 heavy (non-hydrogen) atoms. The predicted octanol–water partition coefficient (Wildman–Crippen LogP) is 1.75. The normalized spacial score (nSPS) is 27.8. The van der Waals surface area contributed by atoms with E-state index >= 15 is 0 Å². The van der Waals surface area contributed by atoms with E-state index in [1.165, 1.54) is 11.3 Å². The lowest BCUT2D eigenvalue weighted by Gasteiger charge is -2.33. The lowest BCUT2D eigenvalue weighted by atomic mass is 9.82. The number of thiazole rings is 1. The van der Waals surface area contributed by atoms with Crippen molar-refractivity contribution in [2.24, 2.45) is 11.7 Å². The maximum atomic E-state index is 12.3. The number of nitrogens with one attached hydrogen (secondary N) is 1. The van der Waals surface area contributed by atoms with Crippen LogP contribution in [0.3, 0.4) is 0 Å². The molecule has 0 aromatic carbocycles. The van der Waals surface area contributed by atoms with E-state index in [9.17, 15) is 4.79 Å². The zero-order valence-corrected chi connectivity index (χ0v) is 13.5. The van der Waals surface area contributed by atoms with E-state index in [0.29, 0.717) is 24.3 Å². The molecule has 1 aromatic rings. The van der Waals surface area contributed by atoms with Crippen LogP contribution in [0, 0.1) is 5.92 Å². The van der Waals surface area contributed by atoms with Gasteiger partial charge >= 0.3 is 0 Å². The van der Waals surface area contributed by atoms with Crippen LogP contribution in [-0.2, 0) is 11.2 Å². The van der Waals surface area contributed by atoms with Crippen LogP contribution in [0.1, 0.15) is 41.2 Å². The summed E-state index contributed by atoms with van der Waals surface area (Å²) in [5, 5.41) is 5.91. The molecular formula is C14H22ClN3O2S. The molecule has 3 N–H and O–H groups in total. The summed E-state index contributed by atoms with van der Waals surface area (Å²) >= 11 is 1.51. The molecule has 1 amide bonds. The van der Waals surface area contributed by atoms with Gasteiger partial charge in [0.2, 0.25) is 0 Å². The topological polar surface area (TPSA) is 77.2 Å². The molecule has 0 bridgehead atoms. The molecule has 2 fully saturated rings. The van der Waals surface area contributed by atoms with Crippen LogP contribution in [0.2, 0.25) is 0 Å². The molecule has 118 valence electrons. The van der Waals surface area contributed by atoms with Crippen molar-refractivity contribution in [1.82, 2.24) is 10.3 Å². The number of nitrogens with zero attached hydrogens (tertiary/aromatic N) is 1. The fraction of sp³-hybridized carbons (Fsp3) is 0.714. The van der Waals surface area contributed by atoms with Gasteiger partial charge in [-0.25, -0.2) is 4.98 Å². The van der Waals surface area contributed by atoms with E-state index in [0.717, 1.165) is 43.7 Å². The summed E-state index contributed by atoms with van der Waals surface area (Å²) in [4.78, 5) is 16.6. The summed E-state index contributed by atoms with van der Waals surface area (Å²) in [5.41, 5.74) is 6.03. The van der Waals surface area contributed by atoms with Crippen molar-refractivity contribution in [1.29, 1.82) is 0 Å². The lowest BCUT2D eigenvalue weighted by Crippen LogP contribution is -2.45. The van der Waals surface area contributed by atoms with E-state index in [-0.39, 0.29) is 24.4 Å². The van der Waals surface area contributed by atoms with Crippen molar-refractivity contribution in [2.75, 3.05) is 13.2 Å². The van der Waals surface area contributed by atoms with E-state index in [1.807, 2.05) is 5.38 Å². The number of amides is 1. The van der Waals surface area contributed by atoms with E-state index in [1.54, 1.807) is 0 Å². The van der Waals surface area contributed by atoms with Crippen LogP contribution in [-0.4, -0.2) is 36.2 Å². The summed E-state index contributed by atoms with van der Waals surface area (Å²) in [6, 6.07) is 0.239. The quantitative estimate of drug-likeness (QED) is 0.881. The monoisotopic (exact) mass is 331 g/mol. The van der Waals surface area contributed by atoms with Gasteiger partial charge < -0.3 is 15.8 Å². The number of fused-ring (bicyclic) bond motifs is 1. The van der Waals surface area contributed by atoms with E-state index < -0.39 is 0 Å². The molecule has 2 heterocycles. The summed E-state index contributed by atoms with van der Waals surface area (Å²) in [5.74, 6) is 0.428. The number of carbonyl (C=O) groups excluding carboxylic acids is 1. The van der Waals surface area contributed by atoms with Gasteiger partial charge in [0, 0.05) is 30.4 Å². The molecule has 5 nitrogen and oxygen atoms in total. The molecule has 1 saturated carbocycles. The molecule has 1 aliphatic carbocycles. The number of ether oxygens (including phenoxy) is 1. The highest BCUT2D eigenvalue weighted by atomic mass is 35.5. The van der Waals surface area contributed by atoms with Crippen LogP contribution in [0.5, 0.6) is 0 Å². The molecule has 3 rings (SSSR count). The first-order valence-electron chi connectivity index (χ1n) is 7.35. The number of carbonyl (C=O) groups is 1. The van der Waals surface area contributed by atoms with Crippen molar-refractivity contribution in [3.8, 4) is 0 Å². The third-order valence-corrected chi connectivity index (χ3v) is 5.15. The second kappa shape index (κ2) is 7.54. The fourth-order valence-electron chi connectivity index (χ4n) is 3.25. The van der Waals surface area contributed by atoms with E-state index in [4.69, 9.17) is 10.5 Å².